The zero-order chi connectivity index (χ0) is 16.1. The Balaban J connectivity index is 2.29. The smallest absolute Gasteiger partial charge is 0.203 e. The third-order valence-electron chi connectivity index (χ3n) is 4.59. The van der Waals surface area contributed by atoms with Crippen LogP contribution in [0, 0.1) is 5.92 Å². The van der Waals surface area contributed by atoms with E-state index in [1.54, 1.807) is 27.4 Å². The number of rotatable bonds is 6. The minimum atomic E-state index is -0.577. The van der Waals surface area contributed by atoms with Crippen molar-refractivity contribution in [1.29, 1.82) is 0 Å². The van der Waals surface area contributed by atoms with Crippen molar-refractivity contribution in [3.05, 3.63) is 17.7 Å². The molecule has 2 rings (SSSR count). The molecule has 0 bridgehead atoms. The zero-order valence-electron chi connectivity index (χ0n) is 13.7. The number of benzene rings is 1. The van der Waals surface area contributed by atoms with Gasteiger partial charge in [-0.05, 0) is 30.9 Å². The summed E-state index contributed by atoms with van der Waals surface area (Å²) in [6, 6.07) is 3.14. The Labute approximate surface area is 132 Å². The highest BCUT2D eigenvalue weighted by molar-refractivity contribution is 5.56. The van der Waals surface area contributed by atoms with Crippen molar-refractivity contribution in [1.82, 2.24) is 0 Å². The first-order valence-corrected chi connectivity index (χ1v) is 7.86. The molecule has 0 aromatic heterocycles. The summed E-state index contributed by atoms with van der Waals surface area (Å²) in [6.45, 7) is 0. The molecule has 0 spiro atoms. The molecule has 0 heterocycles. The van der Waals surface area contributed by atoms with Gasteiger partial charge in [0.1, 0.15) is 0 Å². The number of aliphatic hydroxyl groups is 1. The van der Waals surface area contributed by atoms with Crippen LogP contribution in [0.3, 0.4) is 0 Å². The molecule has 0 unspecified atom stereocenters. The lowest BCUT2D eigenvalue weighted by molar-refractivity contribution is 0.0609. The van der Waals surface area contributed by atoms with Gasteiger partial charge in [0, 0.05) is 5.56 Å². The Morgan fingerprint density at radius 3 is 2.18 bits per heavy atom. The standard InChI is InChI=1S/C17H27NO4/c1-20-13-10-9-12(16(21-2)17(13)22-3)14(18)15(19)11-7-5-4-6-8-11/h9-11,14-15,19H,4-8,18H2,1-3H3/t14-,15+/m1/s1. The van der Waals surface area contributed by atoms with Crippen molar-refractivity contribution in [2.45, 2.75) is 44.2 Å². The maximum absolute atomic E-state index is 10.7. The third-order valence-corrected chi connectivity index (χ3v) is 4.59. The molecular formula is C17H27NO4. The molecule has 22 heavy (non-hydrogen) atoms. The van der Waals surface area contributed by atoms with Gasteiger partial charge < -0.3 is 25.1 Å². The fourth-order valence-electron chi connectivity index (χ4n) is 3.34. The molecule has 5 nitrogen and oxygen atoms in total. The van der Waals surface area contributed by atoms with Crippen molar-refractivity contribution < 1.29 is 19.3 Å². The number of nitrogens with two attached hydrogens (primary N) is 1. The topological polar surface area (TPSA) is 73.9 Å². The quantitative estimate of drug-likeness (QED) is 0.845. The van der Waals surface area contributed by atoms with E-state index in [1.165, 1.54) is 6.42 Å². The van der Waals surface area contributed by atoms with Gasteiger partial charge in [0.05, 0.1) is 33.5 Å². The minimum Gasteiger partial charge on any atom is -0.493 e. The Morgan fingerprint density at radius 1 is 1.00 bits per heavy atom. The summed E-state index contributed by atoms with van der Waals surface area (Å²) in [7, 11) is 4.71. The van der Waals surface area contributed by atoms with E-state index in [9.17, 15) is 5.11 Å². The van der Waals surface area contributed by atoms with Crippen LogP contribution in [0.5, 0.6) is 17.2 Å². The highest BCUT2D eigenvalue weighted by Gasteiger charge is 2.30. The lowest BCUT2D eigenvalue weighted by Crippen LogP contribution is -2.34. The fourth-order valence-corrected chi connectivity index (χ4v) is 3.34. The second-order valence-electron chi connectivity index (χ2n) is 5.84. The van der Waals surface area contributed by atoms with Crippen LogP contribution in [0.1, 0.15) is 43.7 Å². The molecule has 1 aromatic carbocycles. The molecule has 1 fully saturated rings. The van der Waals surface area contributed by atoms with Crippen LogP contribution in [0.15, 0.2) is 12.1 Å². The van der Waals surface area contributed by atoms with Crippen LogP contribution in [0.4, 0.5) is 0 Å². The predicted octanol–water partition coefficient (Wildman–Crippen LogP) is 2.65. The van der Waals surface area contributed by atoms with E-state index in [1.807, 2.05) is 6.07 Å². The largest absolute Gasteiger partial charge is 0.493 e. The molecule has 1 aliphatic carbocycles. The van der Waals surface area contributed by atoms with Crippen LogP contribution in [-0.4, -0.2) is 32.5 Å². The zero-order valence-corrected chi connectivity index (χ0v) is 13.7. The Morgan fingerprint density at radius 2 is 1.64 bits per heavy atom. The normalized spacial score (nSPS) is 18.6. The molecule has 1 aromatic rings. The molecule has 1 aliphatic rings. The van der Waals surface area contributed by atoms with Crippen LogP contribution in [-0.2, 0) is 0 Å². The van der Waals surface area contributed by atoms with Crippen LogP contribution in [0.25, 0.3) is 0 Å². The van der Waals surface area contributed by atoms with Crippen molar-refractivity contribution in [2.24, 2.45) is 11.7 Å². The Hall–Kier alpha value is -1.46. The van der Waals surface area contributed by atoms with Crippen molar-refractivity contribution >= 4 is 0 Å². The second-order valence-corrected chi connectivity index (χ2v) is 5.84. The minimum absolute atomic E-state index is 0.251. The number of ether oxygens (including phenoxy) is 3. The average molecular weight is 309 g/mol. The molecule has 2 atom stereocenters. The van der Waals surface area contributed by atoms with E-state index in [2.05, 4.69) is 0 Å². The van der Waals surface area contributed by atoms with Crippen molar-refractivity contribution in [3.8, 4) is 17.2 Å². The molecule has 124 valence electrons. The molecule has 0 saturated heterocycles. The highest BCUT2D eigenvalue weighted by Crippen LogP contribution is 2.43. The van der Waals surface area contributed by atoms with E-state index in [0.717, 1.165) is 31.2 Å². The van der Waals surface area contributed by atoms with Gasteiger partial charge in [-0.25, -0.2) is 0 Å². The summed E-state index contributed by atoms with van der Waals surface area (Å²) in [5.74, 6) is 1.88. The van der Waals surface area contributed by atoms with Gasteiger partial charge in [-0.3, -0.25) is 0 Å². The molecule has 0 amide bonds. The predicted molar refractivity (Wildman–Crippen MR) is 85.6 cm³/mol. The summed E-state index contributed by atoms with van der Waals surface area (Å²) in [4.78, 5) is 0. The van der Waals surface area contributed by atoms with Gasteiger partial charge in [0.15, 0.2) is 11.5 Å². The van der Waals surface area contributed by atoms with E-state index < -0.39 is 12.1 Å². The number of aliphatic hydroxyl groups excluding tert-OH is 1. The van der Waals surface area contributed by atoms with E-state index in [0.29, 0.717) is 17.2 Å². The lowest BCUT2D eigenvalue weighted by Gasteiger charge is -2.31. The van der Waals surface area contributed by atoms with Gasteiger partial charge in [-0.1, -0.05) is 19.3 Å². The monoisotopic (exact) mass is 309 g/mol. The van der Waals surface area contributed by atoms with Gasteiger partial charge >= 0.3 is 0 Å². The number of hydrogen-bond donors (Lipinski definition) is 2. The summed E-state index contributed by atoms with van der Waals surface area (Å²) < 4.78 is 16.1. The Bertz CT molecular complexity index is 486. The molecule has 0 radical (unpaired) electrons. The SMILES string of the molecule is COc1ccc([C@@H](N)[C@@H](O)C2CCCCC2)c(OC)c1OC. The van der Waals surface area contributed by atoms with Crippen molar-refractivity contribution in [2.75, 3.05) is 21.3 Å². The maximum atomic E-state index is 10.7. The fraction of sp³-hybridized carbons (Fsp3) is 0.647. The van der Waals surface area contributed by atoms with E-state index in [4.69, 9.17) is 19.9 Å². The molecule has 3 N–H and O–H groups in total. The number of methoxy groups -OCH3 is 3. The Kier molecular flexibility index (Phi) is 5.91. The van der Waals surface area contributed by atoms with Gasteiger partial charge in [0.2, 0.25) is 5.75 Å². The van der Waals surface area contributed by atoms with Crippen LogP contribution < -0.4 is 19.9 Å². The maximum Gasteiger partial charge on any atom is 0.203 e. The molecular weight excluding hydrogens is 282 g/mol. The summed E-state index contributed by atoms with van der Waals surface area (Å²) >= 11 is 0. The van der Waals surface area contributed by atoms with E-state index in [-0.39, 0.29) is 5.92 Å². The first-order chi connectivity index (χ1) is 10.6. The van der Waals surface area contributed by atoms with E-state index >= 15 is 0 Å². The highest BCUT2D eigenvalue weighted by atomic mass is 16.5. The first-order valence-electron chi connectivity index (χ1n) is 7.86. The molecule has 0 aliphatic heterocycles. The molecule has 1 saturated carbocycles. The van der Waals surface area contributed by atoms with Gasteiger partial charge in [0.25, 0.3) is 0 Å². The first kappa shape index (κ1) is 16.9. The lowest BCUT2D eigenvalue weighted by atomic mass is 9.81. The summed E-state index contributed by atoms with van der Waals surface area (Å²) in [5.41, 5.74) is 7.08. The van der Waals surface area contributed by atoms with Crippen molar-refractivity contribution in [3.63, 3.8) is 0 Å². The van der Waals surface area contributed by atoms with Crippen LogP contribution in [0.2, 0.25) is 0 Å². The number of hydrogen-bond acceptors (Lipinski definition) is 5. The third kappa shape index (κ3) is 3.31. The van der Waals surface area contributed by atoms with Crippen LogP contribution >= 0.6 is 0 Å². The average Bonchev–Trinajstić information content (AvgIpc) is 2.59. The summed E-state index contributed by atoms with van der Waals surface area (Å²) in [5, 5.41) is 10.7. The summed E-state index contributed by atoms with van der Waals surface area (Å²) in [6.07, 6.45) is 5.06. The van der Waals surface area contributed by atoms with Gasteiger partial charge in [-0.15, -0.1) is 0 Å². The second kappa shape index (κ2) is 7.70. The molecule has 5 heteroatoms. The van der Waals surface area contributed by atoms with Gasteiger partial charge in [-0.2, -0.15) is 0 Å².